The predicted octanol–water partition coefficient (Wildman–Crippen LogP) is 4.15. The maximum absolute atomic E-state index is 13.8. The molecule has 0 fully saturated rings. The molecule has 0 aliphatic heterocycles. The average molecular weight is 334 g/mol. The number of halogens is 2. The summed E-state index contributed by atoms with van der Waals surface area (Å²) in [6, 6.07) is 12.0. The van der Waals surface area contributed by atoms with Crippen molar-refractivity contribution in [3.63, 3.8) is 0 Å². The summed E-state index contributed by atoms with van der Waals surface area (Å²) in [5.41, 5.74) is 0.970. The number of ether oxygens (including phenoxy) is 1. The van der Waals surface area contributed by atoms with Crippen molar-refractivity contribution < 1.29 is 13.5 Å². The second kappa shape index (κ2) is 6.66. The van der Waals surface area contributed by atoms with Gasteiger partial charge in [-0.15, -0.1) is 10.2 Å². The van der Waals surface area contributed by atoms with Crippen LogP contribution in [0.15, 0.2) is 46.9 Å². The van der Waals surface area contributed by atoms with E-state index in [-0.39, 0.29) is 17.3 Å². The van der Waals surface area contributed by atoms with Crippen LogP contribution in [-0.4, -0.2) is 17.3 Å². The number of aromatic nitrogens is 2. The highest BCUT2D eigenvalue weighted by Crippen LogP contribution is 2.28. The quantitative estimate of drug-likeness (QED) is 0.760. The summed E-state index contributed by atoms with van der Waals surface area (Å²) in [6.07, 6.45) is 0. The van der Waals surface area contributed by atoms with Gasteiger partial charge in [-0.05, 0) is 24.3 Å². The smallest absolute Gasteiger partial charge is 0.251 e. The second-order valence-electron chi connectivity index (χ2n) is 4.66. The Morgan fingerprint density at radius 3 is 2.83 bits per heavy atom. The summed E-state index contributed by atoms with van der Waals surface area (Å²) >= 11 is 5.73. The number of anilines is 1. The summed E-state index contributed by atoms with van der Waals surface area (Å²) in [5.74, 6) is 0.784. The lowest BCUT2D eigenvalue weighted by Gasteiger charge is -2.06. The van der Waals surface area contributed by atoms with Gasteiger partial charge in [0.15, 0.2) is 5.82 Å². The third-order valence-electron chi connectivity index (χ3n) is 3.19. The standard InChI is InChI=1S/C16H13ClFN3O2/c1-22-13-8-3-2-5-10(13)16-21-20-14(23-16)9-19-12-7-4-6-11(17)15(12)18/h2-8,19H,9H2,1H3. The van der Waals surface area contributed by atoms with Crippen molar-refractivity contribution in [3.8, 4) is 17.2 Å². The van der Waals surface area contributed by atoms with Crippen LogP contribution in [0.3, 0.4) is 0 Å². The van der Waals surface area contributed by atoms with Crippen LogP contribution in [0.1, 0.15) is 5.89 Å². The normalized spacial score (nSPS) is 10.6. The molecule has 0 amide bonds. The van der Waals surface area contributed by atoms with Gasteiger partial charge in [0.25, 0.3) is 5.89 Å². The molecule has 0 atom stereocenters. The molecule has 0 spiro atoms. The van der Waals surface area contributed by atoms with Gasteiger partial charge < -0.3 is 14.5 Å². The first-order valence-electron chi connectivity index (χ1n) is 6.82. The van der Waals surface area contributed by atoms with Gasteiger partial charge in [-0.25, -0.2) is 4.39 Å². The Bertz CT molecular complexity index is 823. The van der Waals surface area contributed by atoms with E-state index in [0.29, 0.717) is 23.1 Å². The van der Waals surface area contributed by atoms with Crippen molar-refractivity contribution in [2.24, 2.45) is 0 Å². The highest BCUT2D eigenvalue weighted by Gasteiger charge is 2.13. The molecule has 0 aliphatic rings. The molecule has 2 aromatic carbocycles. The van der Waals surface area contributed by atoms with Crippen LogP contribution in [-0.2, 0) is 6.54 Å². The molecule has 118 valence electrons. The number of hydrogen-bond donors (Lipinski definition) is 1. The second-order valence-corrected chi connectivity index (χ2v) is 5.06. The topological polar surface area (TPSA) is 60.2 Å². The number of methoxy groups -OCH3 is 1. The van der Waals surface area contributed by atoms with Crippen molar-refractivity contribution in [2.75, 3.05) is 12.4 Å². The highest BCUT2D eigenvalue weighted by molar-refractivity contribution is 6.31. The Morgan fingerprint density at radius 2 is 2.00 bits per heavy atom. The van der Waals surface area contributed by atoms with Gasteiger partial charge >= 0.3 is 0 Å². The lowest BCUT2D eigenvalue weighted by molar-refractivity contribution is 0.413. The zero-order chi connectivity index (χ0) is 16.2. The third-order valence-corrected chi connectivity index (χ3v) is 3.48. The number of nitrogens with one attached hydrogen (secondary N) is 1. The van der Waals surface area contributed by atoms with Gasteiger partial charge in [-0.1, -0.05) is 29.8 Å². The van der Waals surface area contributed by atoms with E-state index in [1.165, 1.54) is 6.07 Å². The van der Waals surface area contributed by atoms with Crippen LogP contribution in [0.2, 0.25) is 5.02 Å². The molecule has 5 nitrogen and oxygen atoms in total. The summed E-state index contributed by atoms with van der Waals surface area (Å²) in [6.45, 7) is 0.180. The van der Waals surface area contributed by atoms with Gasteiger partial charge in [0, 0.05) is 0 Å². The van der Waals surface area contributed by atoms with Gasteiger partial charge in [-0.2, -0.15) is 0 Å². The first-order chi connectivity index (χ1) is 11.2. The van der Waals surface area contributed by atoms with E-state index in [4.69, 9.17) is 20.8 Å². The predicted molar refractivity (Wildman–Crippen MR) is 85.0 cm³/mol. The Labute approximate surface area is 137 Å². The van der Waals surface area contributed by atoms with Crippen molar-refractivity contribution in [1.82, 2.24) is 10.2 Å². The molecule has 3 rings (SSSR count). The molecule has 0 bridgehead atoms. The maximum Gasteiger partial charge on any atom is 0.251 e. The van der Waals surface area contributed by atoms with Crippen molar-refractivity contribution >= 4 is 17.3 Å². The molecule has 0 aliphatic carbocycles. The zero-order valence-corrected chi connectivity index (χ0v) is 13.0. The van der Waals surface area contributed by atoms with Gasteiger partial charge in [0.1, 0.15) is 5.75 Å². The van der Waals surface area contributed by atoms with Crippen molar-refractivity contribution in [3.05, 3.63) is 59.2 Å². The van der Waals surface area contributed by atoms with E-state index in [1.807, 2.05) is 18.2 Å². The maximum atomic E-state index is 13.8. The van der Waals surface area contributed by atoms with Crippen LogP contribution >= 0.6 is 11.6 Å². The van der Waals surface area contributed by atoms with Crippen molar-refractivity contribution in [1.29, 1.82) is 0 Å². The molecule has 1 N–H and O–H groups in total. The molecule has 23 heavy (non-hydrogen) atoms. The van der Waals surface area contributed by atoms with E-state index >= 15 is 0 Å². The molecule has 7 heteroatoms. The third kappa shape index (κ3) is 3.27. The molecule has 1 aromatic heterocycles. The lowest BCUT2D eigenvalue weighted by Crippen LogP contribution is -2.01. The minimum atomic E-state index is -0.515. The van der Waals surface area contributed by atoms with E-state index < -0.39 is 5.82 Å². The van der Waals surface area contributed by atoms with Crippen LogP contribution in [0, 0.1) is 5.82 Å². The van der Waals surface area contributed by atoms with Gasteiger partial charge in [-0.3, -0.25) is 0 Å². The van der Waals surface area contributed by atoms with Crippen LogP contribution in [0.5, 0.6) is 5.75 Å². The Hall–Kier alpha value is -2.60. The molecule has 1 heterocycles. The summed E-state index contributed by atoms with van der Waals surface area (Å²) in [7, 11) is 1.57. The first-order valence-corrected chi connectivity index (χ1v) is 7.20. The molecule has 0 saturated carbocycles. The minimum absolute atomic E-state index is 0.0511. The molecule has 3 aromatic rings. The largest absolute Gasteiger partial charge is 0.496 e. The van der Waals surface area contributed by atoms with E-state index in [0.717, 1.165) is 0 Å². The number of para-hydroxylation sites is 1. The van der Waals surface area contributed by atoms with Crippen LogP contribution in [0.25, 0.3) is 11.5 Å². The van der Waals surface area contributed by atoms with Gasteiger partial charge in [0.2, 0.25) is 5.89 Å². The zero-order valence-electron chi connectivity index (χ0n) is 12.2. The van der Waals surface area contributed by atoms with Crippen molar-refractivity contribution in [2.45, 2.75) is 6.54 Å². The summed E-state index contributed by atoms with van der Waals surface area (Å²) < 4.78 is 24.6. The number of hydrogen-bond acceptors (Lipinski definition) is 5. The summed E-state index contributed by atoms with van der Waals surface area (Å²) in [4.78, 5) is 0. The fraction of sp³-hybridized carbons (Fsp3) is 0.125. The number of nitrogens with zero attached hydrogens (tertiary/aromatic N) is 2. The highest BCUT2D eigenvalue weighted by atomic mass is 35.5. The fourth-order valence-electron chi connectivity index (χ4n) is 2.07. The van der Waals surface area contributed by atoms with E-state index in [1.54, 1.807) is 25.3 Å². The first kappa shape index (κ1) is 15.3. The lowest BCUT2D eigenvalue weighted by atomic mass is 10.2. The average Bonchev–Trinajstić information content (AvgIpc) is 3.05. The summed E-state index contributed by atoms with van der Waals surface area (Å²) in [5, 5.41) is 10.9. The van der Waals surface area contributed by atoms with Crippen LogP contribution < -0.4 is 10.1 Å². The number of rotatable bonds is 5. The number of benzene rings is 2. The SMILES string of the molecule is COc1ccccc1-c1nnc(CNc2cccc(Cl)c2F)o1. The Balaban J connectivity index is 1.76. The van der Waals surface area contributed by atoms with E-state index in [9.17, 15) is 4.39 Å². The van der Waals surface area contributed by atoms with Gasteiger partial charge in [0.05, 0.1) is 29.9 Å². The molecule has 0 unspecified atom stereocenters. The molecule has 0 radical (unpaired) electrons. The molecular weight excluding hydrogens is 321 g/mol. The van der Waals surface area contributed by atoms with E-state index in [2.05, 4.69) is 15.5 Å². The van der Waals surface area contributed by atoms with Crippen LogP contribution in [0.4, 0.5) is 10.1 Å². The molecular formula is C16H13ClFN3O2. The fourth-order valence-corrected chi connectivity index (χ4v) is 2.24. The Morgan fingerprint density at radius 1 is 1.17 bits per heavy atom. The minimum Gasteiger partial charge on any atom is -0.496 e. The molecule has 0 saturated heterocycles. The monoisotopic (exact) mass is 333 g/mol. The Kier molecular flexibility index (Phi) is 4.43.